The summed E-state index contributed by atoms with van der Waals surface area (Å²) in [7, 11) is 0. The zero-order valence-electron chi connectivity index (χ0n) is 9.26. The maximum absolute atomic E-state index is 11.7. The minimum absolute atomic E-state index is 0.0573. The number of hydrogen-bond acceptors (Lipinski definition) is 4. The van der Waals surface area contributed by atoms with Gasteiger partial charge in [0.05, 0.1) is 23.7 Å². The van der Waals surface area contributed by atoms with Crippen molar-refractivity contribution >= 4 is 17.3 Å². The van der Waals surface area contributed by atoms with Crippen LogP contribution in [0.15, 0.2) is 29.4 Å². The van der Waals surface area contributed by atoms with Crippen LogP contribution >= 0.6 is 0 Å². The minimum atomic E-state index is -0.0573. The van der Waals surface area contributed by atoms with Crippen LogP contribution in [0.2, 0.25) is 0 Å². The number of nitrogens with zero attached hydrogens (tertiary/aromatic N) is 3. The minimum Gasteiger partial charge on any atom is -0.330 e. The van der Waals surface area contributed by atoms with Crippen LogP contribution in [0.5, 0.6) is 0 Å². The number of carbonyl (C=O) groups is 1. The van der Waals surface area contributed by atoms with E-state index >= 15 is 0 Å². The molecule has 0 unspecified atom stereocenters. The van der Waals surface area contributed by atoms with Gasteiger partial charge in [0.25, 0.3) is 5.91 Å². The van der Waals surface area contributed by atoms with E-state index in [2.05, 4.69) is 5.10 Å². The number of nitriles is 1. The van der Waals surface area contributed by atoms with Crippen LogP contribution in [0.25, 0.3) is 0 Å². The third-order valence-corrected chi connectivity index (χ3v) is 2.51. The van der Waals surface area contributed by atoms with Gasteiger partial charge in [-0.05, 0) is 30.8 Å². The van der Waals surface area contributed by atoms with E-state index in [9.17, 15) is 4.79 Å². The molecule has 1 aromatic rings. The largest absolute Gasteiger partial charge is 0.330 e. The molecule has 0 radical (unpaired) electrons. The van der Waals surface area contributed by atoms with E-state index in [4.69, 9.17) is 11.0 Å². The highest BCUT2D eigenvalue weighted by molar-refractivity contribution is 6.12. The lowest BCUT2D eigenvalue weighted by molar-refractivity contribution is -0.116. The molecule has 0 saturated carbocycles. The molecule has 0 bridgehead atoms. The van der Waals surface area contributed by atoms with Gasteiger partial charge in [-0.3, -0.25) is 4.79 Å². The van der Waals surface area contributed by atoms with Crippen molar-refractivity contribution in [2.45, 2.75) is 12.8 Å². The van der Waals surface area contributed by atoms with Crippen molar-refractivity contribution in [3.05, 3.63) is 29.8 Å². The molecule has 1 amide bonds. The normalized spacial score (nSPS) is 14.7. The second kappa shape index (κ2) is 4.76. The van der Waals surface area contributed by atoms with E-state index in [-0.39, 0.29) is 5.91 Å². The van der Waals surface area contributed by atoms with Crippen molar-refractivity contribution in [2.24, 2.45) is 10.8 Å². The van der Waals surface area contributed by atoms with Crippen molar-refractivity contribution in [1.29, 1.82) is 5.26 Å². The van der Waals surface area contributed by atoms with Gasteiger partial charge in [0, 0.05) is 12.1 Å². The van der Waals surface area contributed by atoms with Crippen LogP contribution in [0.4, 0.5) is 5.69 Å². The predicted octanol–water partition coefficient (Wildman–Crippen LogP) is 1.000. The molecule has 1 heterocycles. The van der Waals surface area contributed by atoms with Crippen molar-refractivity contribution in [2.75, 3.05) is 11.6 Å². The van der Waals surface area contributed by atoms with Gasteiger partial charge in [-0.25, -0.2) is 5.01 Å². The summed E-state index contributed by atoms with van der Waals surface area (Å²) in [6, 6.07) is 8.79. The van der Waals surface area contributed by atoms with Crippen molar-refractivity contribution < 1.29 is 4.79 Å². The Balaban J connectivity index is 2.22. The molecule has 1 aromatic carbocycles. The van der Waals surface area contributed by atoms with Crippen LogP contribution in [0.3, 0.4) is 0 Å². The average molecular weight is 228 g/mol. The molecular weight excluding hydrogens is 216 g/mol. The maximum Gasteiger partial charge on any atom is 0.253 e. The number of anilines is 1. The number of amides is 1. The van der Waals surface area contributed by atoms with E-state index in [1.54, 1.807) is 24.3 Å². The molecule has 17 heavy (non-hydrogen) atoms. The van der Waals surface area contributed by atoms with E-state index in [0.29, 0.717) is 30.6 Å². The first-order valence-electron chi connectivity index (χ1n) is 5.34. The fraction of sp³-hybridized carbons (Fsp3) is 0.250. The van der Waals surface area contributed by atoms with Crippen molar-refractivity contribution in [3.8, 4) is 6.07 Å². The molecule has 86 valence electrons. The molecule has 1 aliphatic heterocycles. The number of carbonyl (C=O) groups excluding carboxylic acids is 1. The van der Waals surface area contributed by atoms with Gasteiger partial charge in [0.15, 0.2) is 0 Å². The summed E-state index contributed by atoms with van der Waals surface area (Å²) in [4.78, 5) is 11.7. The number of nitrogens with two attached hydrogens (primary N) is 1. The van der Waals surface area contributed by atoms with Crippen molar-refractivity contribution in [3.63, 3.8) is 0 Å². The van der Waals surface area contributed by atoms with E-state index in [1.165, 1.54) is 5.01 Å². The van der Waals surface area contributed by atoms with Gasteiger partial charge in [0.2, 0.25) is 0 Å². The zero-order valence-corrected chi connectivity index (χ0v) is 9.26. The summed E-state index contributed by atoms with van der Waals surface area (Å²) in [6.45, 7) is 0.493. The Bertz CT molecular complexity index is 498. The first kappa shape index (κ1) is 11.3. The first-order chi connectivity index (χ1) is 8.24. The quantitative estimate of drug-likeness (QED) is 0.837. The molecule has 0 atom stereocenters. The van der Waals surface area contributed by atoms with E-state index in [0.717, 1.165) is 5.71 Å². The van der Waals surface area contributed by atoms with Gasteiger partial charge < -0.3 is 5.73 Å². The SMILES string of the molecule is N#Cc1ccc(N2N=C(CCN)CC2=O)cc1. The summed E-state index contributed by atoms with van der Waals surface area (Å²) in [6.07, 6.45) is 0.968. The Morgan fingerprint density at radius 2 is 2.12 bits per heavy atom. The van der Waals surface area contributed by atoms with Crippen LogP contribution in [-0.4, -0.2) is 18.2 Å². The van der Waals surface area contributed by atoms with Crippen LogP contribution in [0, 0.1) is 11.3 Å². The fourth-order valence-electron chi connectivity index (χ4n) is 1.67. The molecule has 2 rings (SSSR count). The lowest BCUT2D eigenvalue weighted by Crippen LogP contribution is -2.19. The third kappa shape index (κ3) is 2.32. The smallest absolute Gasteiger partial charge is 0.253 e. The second-order valence-electron chi connectivity index (χ2n) is 3.75. The molecule has 5 nitrogen and oxygen atoms in total. The second-order valence-corrected chi connectivity index (χ2v) is 3.75. The van der Waals surface area contributed by atoms with Crippen molar-refractivity contribution in [1.82, 2.24) is 0 Å². The Morgan fingerprint density at radius 3 is 2.71 bits per heavy atom. The van der Waals surface area contributed by atoms with E-state index in [1.807, 2.05) is 6.07 Å². The Labute approximate surface area is 99.1 Å². The summed E-state index contributed by atoms with van der Waals surface area (Å²) in [5, 5.41) is 14.3. The molecule has 5 heteroatoms. The van der Waals surface area contributed by atoms with Gasteiger partial charge in [-0.15, -0.1) is 0 Å². The summed E-state index contributed by atoms with van der Waals surface area (Å²) >= 11 is 0. The Morgan fingerprint density at radius 1 is 1.41 bits per heavy atom. The molecule has 2 N–H and O–H groups in total. The average Bonchev–Trinajstić information content (AvgIpc) is 2.71. The van der Waals surface area contributed by atoms with Crippen LogP contribution in [-0.2, 0) is 4.79 Å². The number of benzene rings is 1. The van der Waals surface area contributed by atoms with Gasteiger partial charge in [-0.2, -0.15) is 10.4 Å². The standard InChI is InChI=1S/C12H12N4O/c13-6-5-10-7-12(17)16(15-10)11-3-1-9(8-14)2-4-11/h1-4H,5-7,13H2. The Hall–Kier alpha value is -2.19. The number of hydrogen-bond donors (Lipinski definition) is 1. The molecule has 0 aliphatic carbocycles. The van der Waals surface area contributed by atoms with Gasteiger partial charge in [0.1, 0.15) is 0 Å². The molecule has 1 aliphatic rings. The topological polar surface area (TPSA) is 82.5 Å². The predicted molar refractivity (Wildman–Crippen MR) is 64.4 cm³/mol. The fourth-order valence-corrected chi connectivity index (χ4v) is 1.67. The zero-order chi connectivity index (χ0) is 12.3. The van der Waals surface area contributed by atoms with E-state index < -0.39 is 0 Å². The highest BCUT2D eigenvalue weighted by Gasteiger charge is 2.24. The monoisotopic (exact) mass is 228 g/mol. The highest BCUT2D eigenvalue weighted by atomic mass is 16.2. The number of hydrazone groups is 1. The molecule has 0 saturated heterocycles. The van der Waals surface area contributed by atoms with Crippen LogP contribution in [0.1, 0.15) is 18.4 Å². The summed E-state index contributed by atoms with van der Waals surface area (Å²) in [5.41, 5.74) is 7.48. The molecule has 0 aromatic heterocycles. The molecular formula is C12H12N4O. The van der Waals surface area contributed by atoms with Gasteiger partial charge >= 0.3 is 0 Å². The van der Waals surface area contributed by atoms with Gasteiger partial charge in [-0.1, -0.05) is 0 Å². The third-order valence-electron chi connectivity index (χ3n) is 2.51. The van der Waals surface area contributed by atoms with Crippen LogP contribution < -0.4 is 10.7 Å². The highest BCUT2D eigenvalue weighted by Crippen LogP contribution is 2.21. The lowest BCUT2D eigenvalue weighted by Gasteiger charge is -2.11. The summed E-state index contributed by atoms with van der Waals surface area (Å²) in [5.74, 6) is -0.0573. The maximum atomic E-state index is 11.7. The Kier molecular flexibility index (Phi) is 3.17. The molecule has 0 fully saturated rings. The lowest BCUT2D eigenvalue weighted by atomic mass is 10.2. The molecule has 0 spiro atoms. The summed E-state index contributed by atoms with van der Waals surface area (Å²) < 4.78 is 0. The first-order valence-corrected chi connectivity index (χ1v) is 5.34. The number of rotatable bonds is 3.